The molecule has 0 saturated carbocycles. The van der Waals surface area contributed by atoms with Gasteiger partial charge < -0.3 is 10.3 Å². The van der Waals surface area contributed by atoms with E-state index < -0.39 is 0 Å². The minimum atomic E-state index is -0.259. The standard InChI is InChI=1S/C21H20F2N2O/c22-15-4-1-13(2-5-15)9-10-24-21(26)14-3-7-19-17(11-14)18-12-16(23)6-8-20(18)25-19/h1-2,4-6,8,12,14,25H,3,7,9-11H2,(H,24,26). The van der Waals surface area contributed by atoms with Crippen molar-refractivity contribution in [3.8, 4) is 0 Å². The van der Waals surface area contributed by atoms with Gasteiger partial charge in [0.1, 0.15) is 11.6 Å². The summed E-state index contributed by atoms with van der Waals surface area (Å²) in [4.78, 5) is 15.9. The van der Waals surface area contributed by atoms with Gasteiger partial charge in [-0.05, 0) is 67.1 Å². The summed E-state index contributed by atoms with van der Waals surface area (Å²) >= 11 is 0. The molecule has 26 heavy (non-hydrogen) atoms. The van der Waals surface area contributed by atoms with E-state index in [0.29, 0.717) is 19.4 Å². The van der Waals surface area contributed by atoms with Gasteiger partial charge in [-0.25, -0.2) is 8.78 Å². The lowest BCUT2D eigenvalue weighted by Crippen LogP contribution is -2.35. The quantitative estimate of drug-likeness (QED) is 0.733. The SMILES string of the molecule is O=C(NCCc1ccc(F)cc1)C1CCc2[nH]c3ccc(F)cc3c2C1. The number of aromatic amines is 1. The topological polar surface area (TPSA) is 44.9 Å². The fraction of sp³-hybridized carbons (Fsp3) is 0.286. The summed E-state index contributed by atoms with van der Waals surface area (Å²) in [6.07, 6.45) is 2.87. The number of fused-ring (bicyclic) bond motifs is 3. The Balaban J connectivity index is 1.40. The second-order valence-electron chi connectivity index (χ2n) is 6.88. The number of halogens is 2. The lowest BCUT2D eigenvalue weighted by Gasteiger charge is -2.22. The fourth-order valence-electron chi connectivity index (χ4n) is 3.74. The molecule has 1 atom stereocenters. The van der Waals surface area contributed by atoms with Crippen LogP contribution in [0.4, 0.5) is 8.78 Å². The molecule has 0 aliphatic heterocycles. The Labute approximate surface area is 150 Å². The van der Waals surface area contributed by atoms with Crippen LogP contribution in [-0.4, -0.2) is 17.4 Å². The number of aryl methyl sites for hydroxylation is 1. The molecule has 2 aromatic carbocycles. The van der Waals surface area contributed by atoms with Crippen molar-refractivity contribution in [2.45, 2.75) is 25.7 Å². The minimum absolute atomic E-state index is 0.0310. The van der Waals surface area contributed by atoms with E-state index in [9.17, 15) is 13.6 Å². The number of carbonyl (C=O) groups excluding carboxylic acids is 1. The van der Waals surface area contributed by atoms with Crippen LogP contribution in [0.1, 0.15) is 23.2 Å². The fourth-order valence-corrected chi connectivity index (χ4v) is 3.74. The molecule has 5 heteroatoms. The number of rotatable bonds is 4. The zero-order valence-electron chi connectivity index (χ0n) is 14.3. The molecule has 1 unspecified atom stereocenters. The van der Waals surface area contributed by atoms with E-state index in [2.05, 4.69) is 10.3 Å². The molecule has 1 aliphatic rings. The second kappa shape index (κ2) is 6.90. The largest absolute Gasteiger partial charge is 0.358 e. The molecular formula is C21H20F2N2O. The number of H-pyrrole nitrogens is 1. The highest BCUT2D eigenvalue weighted by Gasteiger charge is 2.27. The monoisotopic (exact) mass is 354 g/mol. The molecule has 0 saturated heterocycles. The summed E-state index contributed by atoms with van der Waals surface area (Å²) in [6, 6.07) is 11.1. The Morgan fingerprint density at radius 3 is 2.69 bits per heavy atom. The van der Waals surface area contributed by atoms with Crippen molar-refractivity contribution in [1.29, 1.82) is 0 Å². The van der Waals surface area contributed by atoms with E-state index in [1.807, 2.05) is 0 Å². The van der Waals surface area contributed by atoms with Crippen LogP contribution in [0.5, 0.6) is 0 Å². The summed E-state index contributed by atoms with van der Waals surface area (Å²) in [5.74, 6) is -0.586. The molecule has 0 bridgehead atoms. The zero-order valence-corrected chi connectivity index (χ0v) is 14.3. The number of nitrogens with one attached hydrogen (secondary N) is 2. The maximum absolute atomic E-state index is 13.6. The molecule has 0 spiro atoms. The summed E-state index contributed by atoms with van der Waals surface area (Å²) in [5.41, 5.74) is 4.09. The minimum Gasteiger partial charge on any atom is -0.358 e. The first kappa shape index (κ1) is 16.8. The van der Waals surface area contributed by atoms with Gasteiger partial charge in [0.25, 0.3) is 0 Å². The Morgan fingerprint density at radius 2 is 1.88 bits per heavy atom. The average Bonchev–Trinajstić information content (AvgIpc) is 3.00. The second-order valence-corrected chi connectivity index (χ2v) is 6.88. The molecular weight excluding hydrogens is 334 g/mol. The van der Waals surface area contributed by atoms with Gasteiger partial charge in [0.15, 0.2) is 0 Å². The highest BCUT2D eigenvalue weighted by Crippen LogP contribution is 2.32. The number of carbonyl (C=O) groups is 1. The summed E-state index contributed by atoms with van der Waals surface area (Å²) < 4.78 is 26.5. The maximum atomic E-state index is 13.6. The molecule has 0 radical (unpaired) electrons. The first-order valence-electron chi connectivity index (χ1n) is 8.91. The van der Waals surface area contributed by atoms with Gasteiger partial charge in [0.2, 0.25) is 5.91 Å². The molecule has 134 valence electrons. The van der Waals surface area contributed by atoms with E-state index in [1.165, 1.54) is 18.2 Å². The third-order valence-electron chi connectivity index (χ3n) is 5.15. The van der Waals surface area contributed by atoms with Crippen molar-refractivity contribution < 1.29 is 13.6 Å². The smallest absolute Gasteiger partial charge is 0.223 e. The van der Waals surface area contributed by atoms with Crippen LogP contribution in [0.3, 0.4) is 0 Å². The van der Waals surface area contributed by atoms with Crippen LogP contribution in [0, 0.1) is 17.6 Å². The number of amides is 1. The van der Waals surface area contributed by atoms with Crippen molar-refractivity contribution in [3.63, 3.8) is 0 Å². The van der Waals surface area contributed by atoms with Crippen LogP contribution in [0.15, 0.2) is 42.5 Å². The molecule has 1 heterocycles. The van der Waals surface area contributed by atoms with Crippen LogP contribution < -0.4 is 5.32 Å². The highest BCUT2D eigenvalue weighted by atomic mass is 19.1. The molecule has 1 aliphatic carbocycles. The number of hydrogen-bond donors (Lipinski definition) is 2. The van der Waals surface area contributed by atoms with Crippen molar-refractivity contribution in [2.75, 3.05) is 6.54 Å². The van der Waals surface area contributed by atoms with E-state index >= 15 is 0 Å². The van der Waals surface area contributed by atoms with Crippen molar-refractivity contribution >= 4 is 16.8 Å². The van der Waals surface area contributed by atoms with E-state index in [1.54, 1.807) is 24.3 Å². The van der Waals surface area contributed by atoms with Crippen LogP contribution in [-0.2, 0) is 24.1 Å². The van der Waals surface area contributed by atoms with Crippen LogP contribution in [0.2, 0.25) is 0 Å². The number of aromatic nitrogens is 1. The molecule has 1 aromatic heterocycles. The number of benzene rings is 2. The van der Waals surface area contributed by atoms with E-state index in [4.69, 9.17) is 0 Å². The number of hydrogen-bond acceptors (Lipinski definition) is 1. The summed E-state index contributed by atoms with van der Waals surface area (Å²) in [5, 5.41) is 3.86. The molecule has 3 nitrogen and oxygen atoms in total. The first-order valence-corrected chi connectivity index (χ1v) is 8.91. The van der Waals surface area contributed by atoms with Crippen molar-refractivity contribution in [2.24, 2.45) is 5.92 Å². The normalized spacial score (nSPS) is 16.5. The first-order chi connectivity index (χ1) is 12.6. The van der Waals surface area contributed by atoms with Gasteiger partial charge in [-0.1, -0.05) is 12.1 Å². The zero-order chi connectivity index (χ0) is 18.1. The Hall–Kier alpha value is -2.69. The lowest BCUT2D eigenvalue weighted by atomic mass is 9.86. The average molecular weight is 354 g/mol. The maximum Gasteiger partial charge on any atom is 0.223 e. The Bertz CT molecular complexity index is 947. The third-order valence-corrected chi connectivity index (χ3v) is 5.15. The molecule has 3 aromatic rings. The van der Waals surface area contributed by atoms with Gasteiger partial charge in [-0.3, -0.25) is 4.79 Å². The molecule has 4 rings (SSSR count). The van der Waals surface area contributed by atoms with Gasteiger partial charge in [0, 0.05) is 29.1 Å². The summed E-state index contributed by atoms with van der Waals surface area (Å²) in [6.45, 7) is 0.524. The molecule has 0 fully saturated rings. The highest BCUT2D eigenvalue weighted by molar-refractivity contribution is 5.87. The molecule has 1 amide bonds. The Morgan fingerprint density at radius 1 is 1.12 bits per heavy atom. The third kappa shape index (κ3) is 3.34. The molecule has 2 N–H and O–H groups in total. The predicted octanol–water partition coefficient (Wildman–Crippen LogP) is 3.91. The van der Waals surface area contributed by atoms with Crippen molar-refractivity contribution in [1.82, 2.24) is 10.3 Å². The van der Waals surface area contributed by atoms with Gasteiger partial charge in [-0.2, -0.15) is 0 Å². The van der Waals surface area contributed by atoms with Crippen LogP contribution in [0.25, 0.3) is 10.9 Å². The van der Waals surface area contributed by atoms with Gasteiger partial charge >= 0.3 is 0 Å². The van der Waals surface area contributed by atoms with E-state index in [0.717, 1.165) is 40.6 Å². The predicted molar refractivity (Wildman–Crippen MR) is 96.9 cm³/mol. The van der Waals surface area contributed by atoms with Gasteiger partial charge in [0.05, 0.1) is 0 Å². The lowest BCUT2D eigenvalue weighted by molar-refractivity contribution is -0.125. The van der Waals surface area contributed by atoms with Crippen molar-refractivity contribution in [3.05, 3.63) is 70.9 Å². The Kier molecular flexibility index (Phi) is 4.45. The van der Waals surface area contributed by atoms with Gasteiger partial charge in [-0.15, -0.1) is 0 Å². The summed E-state index contributed by atoms with van der Waals surface area (Å²) in [7, 11) is 0. The van der Waals surface area contributed by atoms with E-state index in [-0.39, 0.29) is 23.5 Å². The van der Waals surface area contributed by atoms with Crippen LogP contribution >= 0.6 is 0 Å².